The van der Waals surface area contributed by atoms with E-state index >= 15 is 0 Å². The summed E-state index contributed by atoms with van der Waals surface area (Å²) in [6, 6.07) is 16.2. The van der Waals surface area contributed by atoms with Gasteiger partial charge in [-0.15, -0.1) is 0 Å². The highest BCUT2D eigenvalue weighted by atomic mass is 15.3. The monoisotopic (exact) mass is 354 g/mol. The van der Waals surface area contributed by atoms with Crippen LogP contribution in [0.4, 0.5) is 5.95 Å². The lowest BCUT2D eigenvalue weighted by atomic mass is 9.72. The number of hydrogen-bond acceptors (Lipinski definition) is 4. The first kappa shape index (κ1) is 16.3. The van der Waals surface area contributed by atoms with E-state index in [0.717, 1.165) is 54.2 Å². The van der Waals surface area contributed by atoms with Gasteiger partial charge in [0.15, 0.2) is 0 Å². The van der Waals surface area contributed by atoms with Crippen LogP contribution in [0.3, 0.4) is 0 Å². The molecule has 0 atom stereocenters. The third kappa shape index (κ3) is 3.27. The molecule has 2 aliphatic rings. The molecule has 0 amide bonds. The van der Waals surface area contributed by atoms with Gasteiger partial charge in [0.25, 0.3) is 0 Å². The third-order valence-corrected chi connectivity index (χ3v) is 5.69. The first-order chi connectivity index (χ1) is 13.3. The average molecular weight is 354 g/mol. The van der Waals surface area contributed by atoms with Gasteiger partial charge in [0.2, 0.25) is 5.95 Å². The number of fused-ring (bicyclic) bond motifs is 1. The number of benzene rings is 2. The van der Waals surface area contributed by atoms with Crippen molar-refractivity contribution in [1.29, 1.82) is 0 Å². The van der Waals surface area contributed by atoms with Gasteiger partial charge >= 0.3 is 0 Å². The predicted octanol–water partition coefficient (Wildman–Crippen LogP) is 3.22. The van der Waals surface area contributed by atoms with Gasteiger partial charge in [-0.3, -0.25) is 0 Å². The summed E-state index contributed by atoms with van der Waals surface area (Å²) in [5, 5.41) is 4.49. The summed E-state index contributed by atoms with van der Waals surface area (Å²) >= 11 is 0. The molecule has 0 aliphatic carbocycles. The van der Waals surface area contributed by atoms with Crippen LogP contribution in [0, 0.1) is 17.3 Å². The molecule has 27 heavy (non-hydrogen) atoms. The quantitative estimate of drug-likeness (QED) is 0.681. The number of aromatic nitrogens is 2. The van der Waals surface area contributed by atoms with Crippen LogP contribution in [-0.2, 0) is 0 Å². The Morgan fingerprint density at radius 1 is 0.926 bits per heavy atom. The molecule has 2 saturated heterocycles. The van der Waals surface area contributed by atoms with Crippen LogP contribution in [0.1, 0.15) is 24.0 Å². The van der Waals surface area contributed by atoms with Crippen LogP contribution in [0.2, 0.25) is 0 Å². The summed E-state index contributed by atoms with van der Waals surface area (Å²) in [4.78, 5) is 11.7. The molecule has 1 N–H and O–H groups in total. The van der Waals surface area contributed by atoms with Crippen LogP contribution in [0.25, 0.3) is 10.9 Å². The fraction of sp³-hybridized carbons (Fsp3) is 0.304. The summed E-state index contributed by atoms with van der Waals surface area (Å²) < 4.78 is 0. The smallest absolute Gasteiger partial charge is 0.225 e. The standard InChI is InChI=1S/C23H22N4/c1-2-4-18(5-3-1)6-7-19-8-9-21-20(14-19)15-25-22(26-21)27-16-23(17-27)10-12-24-13-11-23/h1-5,8-9,14-15,24H,10-13,16-17H2. The summed E-state index contributed by atoms with van der Waals surface area (Å²) in [5.41, 5.74) is 3.48. The van der Waals surface area contributed by atoms with E-state index in [1.165, 1.54) is 12.8 Å². The van der Waals surface area contributed by atoms with Crippen LogP contribution in [0.15, 0.2) is 54.7 Å². The Kier molecular flexibility index (Phi) is 4.03. The largest absolute Gasteiger partial charge is 0.340 e. The Labute approximate surface area is 159 Å². The van der Waals surface area contributed by atoms with Crippen molar-refractivity contribution in [2.24, 2.45) is 5.41 Å². The van der Waals surface area contributed by atoms with Crippen molar-refractivity contribution in [3.8, 4) is 11.8 Å². The number of piperidine rings is 1. The summed E-state index contributed by atoms with van der Waals surface area (Å²) in [5.74, 6) is 7.29. The number of anilines is 1. The van der Waals surface area contributed by atoms with E-state index in [4.69, 9.17) is 4.98 Å². The molecule has 1 aromatic heterocycles. The Bertz CT molecular complexity index is 1020. The van der Waals surface area contributed by atoms with Gasteiger partial charge in [-0.2, -0.15) is 0 Å². The lowest BCUT2D eigenvalue weighted by Gasteiger charge is -2.52. The zero-order valence-corrected chi connectivity index (χ0v) is 15.3. The second-order valence-electron chi connectivity index (χ2n) is 7.67. The molecular formula is C23H22N4. The molecule has 2 aromatic carbocycles. The fourth-order valence-electron chi connectivity index (χ4n) is 4.10. The van der Waals surface area contributed by atoms with Crippen LogP contribution in [0.5, 0.6) is 0 Å². The Morgan fingerprint density at radius 2 is 1.70 bits per heavy atom. The van der Waals surface area contributed by atoms with E-state index in [2.05, 4.69) is 39.2 Å². The second kappa shape index (κ2) is 6.68. The SMILES string of the molecule is C(#Cc1ccc2nc(N3CC4(CCNCC4)C3)ncc2c1)c1ccccc1. The van der Waals surface area contributed by atoms with Gasteiger partial charge < -0.3 is 10.2 Å². The second-order valence-corrected chi connectivity index (χ2v) is 7.67. The molecule has 4 nitrogen and oxygen atoms in total. The predicted molar refractivity (Wildman–Crippen MR) is 109 cm³/mol. The molecule has 2 aliphatic heterocycles. The van der Waals surface area contributed by atoms with Crippen molar-refractivity contribution in [1.82, 2.24) is 15.3 Å². The van der Waals surface area contributed by atoms with Crippen LogP contribution < -0.4 is 10.2 Å². The average Bonchev–Trinajstić information content (AvgIpc) is 2.71. The maximum absolute atomic E-state index is 4.79. The molecule has 0 unspecified atom stereocenters. The highest BCUT2D eigenvalue weighted by molar-refractivity contribution is 5.80. The van der Waals surface area contributed by atoms with Crippen LogP contribution >= 0.6 is 0 Å². The van der Waals surface area contributed by atoms with E-state index in [-0.39, 0.29) is 0 Å². The van der Waals surface area contributed by atoms with Crippen molar-refractivity contribution in [2.45, 2.75) is 12.8 Å². The van der Waals surface area contributed by atoms with E-state index in [1.807, 2.05) is 42.6 Å². The van der Waals surface area contributed by atoms with E-state index < -0.39 is 0 Å². The molecule has 4 heteroatoms. The first-order valence-electron chi connectivity index (χ1n) is 9.59. The number of rotatable bonds is 1. The molecule has 1 spiro atoms. The molecule has 0 saturated carbocycles. The van der Waals surface area contributed by atoms with E-state index in [9.17, 15) is 0 Å². The Hall–Kier alpha value is -2.90. The fourth-order valence-corrected chi connectivity index (χ4v) is 4.10. The number of hydrogen-bond donors (Lipinski definition) is 1. The minimum atomic E-state index is 0.487. The van der Waals surface area contributed by atoms with Crippen molar-refractivity contribution in [2.75, 3.05) is 31.1 Å². The van der Waals surface area contributed by atoms with Gasteiger partial charge in [-0.25, -0.2) is 9.97 Å². The lowest BCUT2D eigenvalue weighted by Crippen LogP contribution is -2.60. The van der Waals surface area contributed by atoms with Gasteiger partial charge in [0.1, 0.15) is 0 Å². The topological polar surface area (TPSA) is 41.1 Å². The van der Waals surface area contributed by atoms with Gasteiger partial charge in [-0.1, -0.05) is 30.0 Å². The van der Waals surface area contributed by atoms with E-state index in [0.29, 0.717) is 5.41 Å². The lowest BCUT2D eigenvalue weighted by molar-refractivity contribution is 0.148. The van der Waals surface area contributed by atoms with Crippen molar-refractivity contribution >= 4 is 16.9 Å². The zero-order chi connectivity index (χ0) is 18.1. The molecule has 5 rings (SSSR count). The third-order valence-electron chi connectivity index (χ3n) is 5.69. The zero-order valence-electron chi connectivity index (χ0n) is 15.3. The van der Waals surface area contributed by atoms with Crippen molar-refractivity contribution < 1.29 is 0 Å². The van der Waals surface area contributed by atoms with Crippen molar-refractivity contribution in [3.63, 3.8) is 0 Å². The molecule has 134 valence electrons. The van der Waals surface area contributed by atoms with Crippen LogP contribution in [-0.4, -0.2) is 36.1 Å². The normalized spacial score (nSPS) is 18.0. The Balaban J connectivity index is 1.34. The maximum atomic E-state index is 4.79. The van der Waals surface area contributed by atoms with Crippen molar-refractivity contribution in [3.05, 3.63) is 65.9 Å². The minimum Gasteiger partial charge on any atom is -0.340 e. The first-order valence-corrected chi connectivity index (χ1v) is 9.59. The summed E-state index contributed by atoms with van der Waals surface area (Å²) in [6.45, 7) is 4.44. The molecular weight excluding hydrogens is 332 g/mol. The summed E-state index contributed by atoms with van der Waals surface area (Å²) in [7, 11) is 0. The van der Waals surface area contributed by atoms with Gasteiger partial charge in [0.05, 0.1) is 5.52 Å². The maximum Gasteiger partial charge on any atom is 0.225 e. The highest BCUT2D eigenvalue weighted by Gasteiger charge is 2.44. The Morgan fingerprint density at radius 3 is 2.52 bits per heavy atom. The minimum absolute atomic E-state index is 0.487. The van der Waals surface area contributed by atoms with Gasteiger partial charge in [-0.05, 0) is 56.3 Å². The molecule has 3 aromatic rings. The van der Waals surface area contributed by atoms with E-state index in [1.54, 1.807) is 0 Å². The molecule has 2 fully saturated rings. The molecule has 0 bridgehead atoms. The molecule has 3 heterocycles. The highest BCUT2D eigenvalue weighted by Crippen LogP contribution is 2.40. The number of nitrogens with one attached hydrogen (secondary N) is 1. The summed E-state index contributed by atoms with van der Waals surface area (Å²) in [6.07, 6.45) is 4.46. The number of nitrogens with zero attached hydrogens (tertiary/aromatic N) is 3. The molecule has 0 radical (unpaired) electrons. The van der Waals surface area contributed by atoms with Gasteiger partial charge in [0, 0.05) is 41.2 Å².